The SMILES string of the molecule is CCC1CCCCCN1C1CS(=O)(=O)CC1N. The summed E-state index contributed by atoms with van der Waals surface area (Å²) in [6.07, 6.45) is 6.01. The van der Waals surface area contributed by atoms with E-state index < -0.39 is 9.84 Å². The molecular weight excluding hydrogens is 236 g/mol. The number of nitrogens with two attached hydrogens (primary N) is 1. The van der Waals surface area contributed by atoms with Crippen LogP contribution in [0.2, 0.25) is 0 Å². The van der Waals surface area contributed by atoms with Gasteiger partial charge in [-0.05, 0) is 25.8 Å². The summed E-state index contributed by atoms with van der Waals surface area (Å²) in [5.74, 6) is 0.440. The van der Waals surface area contributed by atoms with Gasteiger partial charge in [-0.25, -0.2) is 8.42 Å². The minimum absolute atomic E-state index is 0.0584. The van der Waals surface area contributed by atoms with E-state index in [0.29, 0.717) is 6.04 Å². The molecule has 100 valence electrons. The van der Waals surface area contributed by atoms with E-state index in [1.807, 2.05) is 0 Å². The van der Waals surface area contributed by atoms with Gasteiger partial charge in [-0.1, -0.05) is 19.8 Å². The highest BCUT2D eigenvalue weighted by atomic mass is 32.2. The molecule has 2 heterocycles. The molecule has 4 nitrogen and oxygen atoms in total. The molecule has 2 aliphatic rings. The summed E-state index contributed by atoms with van der Waals surface area (Å²) in [6, 6.07) is 0.400. The van der Waals surface area contributed by atoms with Crippen LogP contribution in [-0.4, -0.2) is 49.5 Å². The second-order valence-electron chi connectivity index (χ2n) is 5.46. The molecule has 0 amide bonds. The molecule has 0 bridgehead atoms. The van der Waals surface area contributed by atoms with E-state index in [9.17, 15) is 8.42 Å². The number of likely N-dealkylation sites (tertiary alicyclic amines) is 1. The van der Waals surface area contributed by atoms with Gasteiger partial charge in [-0.2, -0.15) is 0 Å². The van der Waals surface area contributed by atoms with Crippen molar-refractivity contribution in [2.45, 2.75) is 57.2 Å². The summed E-state index contributed by atoms with van der Waals surface area (Å²) in [6.45, 7) is 3.21. The topological polar surface area (TPSA) is 63.4 Å². The van der Waals surface area contributed by atoms with Gasteiger partial charge in [0.1, 0.15) is 0 Å². The number of rotatable bonds is 2. The Labute approximate surface area is 104 Å². The molecule has 0 saturated carbocycles. The highest BCUT2D eigenvalue weighted by molar-refractivity contribution is 7.91. The molecule has 5 heteroatoms. The summed E-state index contributed by atoms with van der Waals surface area (Å²) in [5.41, 5.74) is 6.03. The van der Waals surface area contributed by atoms with Crippen molar-refractivity contribution >= 4 is 9.84 Å². The van der Waals surface area contributed by atoms with E-state index in [4.69, 9.17) is 5.73 Å². The Morgan fingerprint density at radius 3 is 2.59 bits per heavy atom. The van der Waals surface area contributed by atoms with Crippen LogP contribution in [0.4, 0.5) is 0 Å². The summed E-state index contributed by atoms with van der Waals surface area (Å²) >= 11 is 0. The van der Waals surface area contributed by atoms with Crippen molar-refractivity contribution in [3.05, 3.63) is 0 Å². The van der Waals surface area contributed by atoms with Crippen molar-refractivity contribution in [1.29, 1.82) is 0 Å². The molecule has 3 atom stereocenters. The van der Waals surface area contributed by atoms with Gasteiger partial charge in [-0.15, -0.1) is 0 Å². The highest BCUT2D eigenvalue weighted by Crippen LogP contribution is 2.26. The monoisotopic (exact) mass is 260 g/mol. The third-order valence-corrected chi connectivity index (χ3v) is 5.93. The Kier molecular flexibility index (Phi) is 4.10. The van der Waals surface area contributed by atoms with Crippen LogP contribution in [0.1, 0.15) is 39.0 Å². The highest BCUT2D eigenvalue weighted by Gasteiger charge is 2.40. The largest absolute Gasteiger partial charge is 0.325 e. The lowest BCUT2D eigenvalue weighted by molar-refractivity contribution is 0.135. The van der Waals surface area contributed by atoms with Crippen LogP contribution in [0.25, 0.3) is 0 Å². The van der Waals surface area contributed by atoms with Gasteiger partial charge in [-0.3, -0.25) is 4.90 Å². The minimum Gasteiger partial charge on any atom is -0.325 e. The second-order valence-corrected chi connectivity index (χ2v) is 7.61. The Hall–Kier alpha value is -0.130. The molecule has 2 saturated heterocycles. The summed E-state index contributed by atoms with van der Waals surface area (Å²) in [4.78, 5) is 2.39. The van der Waals surface area contributed by atoms with E-state index >= 15 is 0 Å². The summed E-state index contributed by atoms with van der Waals surface area (Å²) in [7, 11) is -2.90. The van der Waals surface area contributed by atoms with Crippen LogP contribution >= 0.6 is 0 Å². The maximum atomic E-state index is 11.7. The number of nitrogens with zero attached hydrogens (tertiary/aromatic N) is 1. The standard InChI is InChI=1S/C12H24N2O2S/c1-2-10-6-4-3-5-7-14(10)12-9-17(15,16)8-11(12)13/h10-12H,2-9,13H2,1H3. The normalized spacial score (nSPS) is 39.1. The van der Waals surface area contributed by atoms with E-state index in [0.717, 1.165) is 13.0 Å². The molecule has 2 aliphatic heterocycles. The Morgan fingerprint density at radius 1 is 1.24 bits per heavy atom. The molecule has 2 rings (SSSR count). The lowest BCUT2D eigenvalue weighted by Gasteiger charge is -2.36. The van der Waals surface area contributed by atoms with Gasteiger partial charge in [0.2, 0.25) is 0 Å². The van der Waals surface area contributed by atoms with Crippen molar-refractivity contribution in [3.8, 4) is 0 Å². The average molecular weight is 260 g/mol. The van der Waals surface area contributed by atoms with Crippen LogP contribution < -0.4 is 5.73 Å². The quantitative estimate of drug-likeness (QED) is 0.796. The smallest absolute Gasteiger partial charge is 0.153 e. The van der Waals surface area contributed by atoms with Crippen molar-refractivity contribution in [3.63, 3.8) is 0 Å². The predicted octanol–water partition coefficient (Wildman–Crippen LogP) is 0.765. The van der Waals surface area contributed by atoms with Crippen LogP contribution in [0.5, 0.6) is 0 Å². The zero-order valence-corrected chi connectivity index (χ0v) is 11.5. The number of sulfone groups is 1. The van der Waals surface area contributed by atoms with Gasteiger partial charge in [0, 0.05) is 18.1 Å². The second kappa shape index (κ2) is 5.24. The lowest BCUT2D eigenvalue weighted by atomic mass is 10.0. The molecular formula is C12H24N2O2S. The maximum absolute atomic E-state index is 11.7. The Balaban J connectivity index is 2.13. The molecule has 2 fully saturated rings. The molecule has 0 aromatic carbocycles. The molecule has 0 aliphatic carbocycles. The summed E-state index contributed by atoms with van der Waals surface area (Å²) < 4.78 is 23.3. The van der Waals surface area contributed by atoms with Crippen molar-refractivity contribution < 1.29 is 8.42 Å². The van der Waals surface area contributed by atoms with Crippen LogP contribution in [0, 0.1) is 0 Å². The van der Waals surface area contributed by atoms with Crippen LogP contribution in [0.15, 0.2) is 0 Å². The van der Waals surface area contributed by atoms with E-state index in [1.165, 1.54) is 25.7 Å². The van der Waals surface area contributed by atoms with Gasteiger partial charge >= 0.3 is 0 Å². The fourth-order valence-corrected chi connectivity index (χ4v) is 5.18. The van der Waals surface area contributed by atoms with Crippen molar-refractivity contribution in [2.75, 3.05) is 18.1 Å². The molecule has 0 spiro atoms. The Morgan fingerprint density at radius 2 is 2.00 bits per heavy atom. The minimum atomic E-state index is -2.90. The van der Waals surface area contributed by atoms with Crippen LogP contribution in [-0.2, 0) is 9.84 Å². The lowest BCUT2D eigenvalue weighted by Crippen LogP contribution is -2.51. The first-order valence-electron chi connectivity index (χ1n) is 6.75. The molecule has 0 radical (unpaired) electrons. The molecule has 17 heavy (non-hydrogen) atoms. The number of hydrogen-bond acceptors (Lipinski definition) is 4. The van der Waals surface area contributed by atoms with Gasteiger partial charge in [0.25, 0.3) is 0 Å². The van der Waals surface area contributed by atoms with Gasteiger partial charge in [0.15, 0.2) is 9.84 Å². The predicted molar refractivity (Wildman–Crippen MR) is 69.7 cm³/mol. The van der Waals surface area contributed by atoms with Gasteiger partial charge < -0.3 is 5.73 Å². The zero-order valence-electron chi connectivity index (χ0n) is 10.6. The fraction of sp³-hybridized carbons (Fsp3) is 1.00. The zero-order chi connectivity index (χ0) is 12.5. The van der Waals surface area contributed by atoms with E-state index in [2.05, 4.69) is 11.8 Å². The molecule has 0 aromatic rings. The molecule has 0 aromatic heterocycles. The molecule has 3 unspecified atom stereocenters. The average Bonchev–Trinajstić information content (AvgIpc) is 2.46. The van der Waals surface area contributed by atoms with Crippen LogP contribution in [0.3, 0.4) is 0 Å². The van der Waals surface area contributed by atoms with Gasteiger partial charge in [0.05, 0.1) is 11.5 Å². The molecule has 2 N–H and O–H groups in total. The van der Waals surface area contributed by atoms with E-state index in [1.54, 1.807) is 0 Å². The first-order valence-corrected chi connectivity index (χ1v) is 8.57. The third-order valence-electron chi connectivity index (χ3n) is 4.19. The Bertz CT molecular complexity index is 356. The van der Waals surface area contributed by atoms with Crippen molar-refractivity contribution in [1.82, 2.24) is 4.90 Å². The first-order chi connectivity index (χ1) is 8.03. The van der Waals surface area contributed by atoms with E-state index in [-0.39, 0.29) is 23.6 Å². The van der Waals surface area contributed by atoms with Crippen molar-refractivity contribution in [2.24, 2.45) is 5.73 Å². The summed E-state index contributed by atoms with van der Waals surface area (Å²) in [5, 5.41) is 0. The number of hydrogen-bond donors (Lipinski definition) is 1. The fourth-order valence-electron chi connectivity index (χ4n) is 3.27. The first kappa shape index (κ1) is 13.3. The third kappa shape index (κ3) is 3.01. The maximum Gasteiger partial charge on any atom is 0.153 e.